The van der Waals surface area contributed by atoms with Gasteiger partial charge in [-0.05, 0) is 41.5 Å². The van der Waals surface area contributed by atoms with Gasteiger partial charge in [0.05, 0.1) is 11.6 Å². The zero-order chi connectivity index (χ0) is 15.1. The molecule has 0 aliphatic carbocycles. The Labute approximate surface area is 128 Å². The molecule has 0 aromatic heterocycles. The largest absolute Gasteiger partial charge is 0.458 e. The summed E-state index contributed by atoms with van der Waals surface area (Å²) in [5, 5.41) is 9.40. The molecule has 2 rings (SSSR count). The second-order valence-corrected chi connectivity index (χ2v) is 4.74. The SMILES string of the molecule is N#Cc1cccc(COC(=O)/C=C/c2cccc(Cl)c2)c1. The molecule has 0 amide bonds. The van der Waals surface area contributed by atoms with Crippen molar-refractivity contribution in [1.29, 1.82) is 5.26 Å². The number of ether oxygens (including phenoxy) is 1. The predicted octanol–water partition coefficient (Wildman–Crippen LogP) is 3.97. The highest BCUT2D eigenvalue weighted by molar-refractivity contribution is 6.30. The van der Waals surface area contributed by atoms with Crippen LogP contribution in [0.4, 0.5) is 0 Å². The number of rotatable bonds is 4. The highest BCUT2D eigenvalue weighted by atomic mass is 35.5. The van der Waals surface area contributed by atoms with Crippen molar-refractivity contribution in [2.45, 2.75) is 6.61 Å². The lowest BCUT2D eigenvalue weighted by molar-refractivity contribution is -0.138. The maximum atomic E-state index is 11.6. The summed E-state index contributed by atoms with van der Waals surface area (Å²) in [5.74, 6) is -0.447. The molecule has 0 spiro atoms. The van der Waals surface area contributed by atoms with Crippen molar-refractivity contribution in [3.63, 3.8) is 0 Å². The molecule has 4 heteroatoms. The van der Waals surface area contributed by atoms with Gasteiger partial charge >= 0.3 is 5.97 Å². The summed E-state index contributed by atoms with van der Waals surface area (Å²) < 4.78 is 5.11. The third-order valence-corrected chi connectivity index (χ3v) is 2.93. The fraction of sp³-hybridized carbons (Fsp3) is 0.0588. The zero-order valence-electron chi connectivity index (χ0n) is 11.1. The van der Waals surface area contributed by atoms with E-state index in [1.54, 1.807) is 48.5 Å². The number of nitrogens with zero attached hydrogens (tertiary/aromatic N) is 1. The molecule has 0 aliphatic heterocycles. The molecule has 0 unspecified atom stereocenters. The molecule has 0 atom stereocenters. The smallest absolute Gasteiger partial charge is 0.331 e. The Balaban J connectivity index is 1.91. The van der Waals surface area contributed by atoms with Crippen molar-refractivity contribution >= 4 is 23.6 Å². The van der Waals surface area contributed by atoms with Crippen LogP contribution in [0.1, 0.15) is 16.7 Å². The number of halogens is 1. The number of esters is 1. The molecular formula is C17H12ClNO2. The Bertz CT molecular complexity index is 717. The lowest BCUT2D eigenvalue weighted by Crippen LogP contribution is -2.00. The van der Waals surface area contributed by atoms with Crippen LogP contribution in [0.3, 0.4) is 0 Å². The topological polar surface area (TPSA) is 50.1 Å². The second kappa shape index (κ2) is 7.28. The van der Waals surface area contributed by atoms with Gasteiger partial charge in [0.15, 0.2) is 0 Å². The molecule has 0 saturated carbocycles. The number of hydrogen-bond donors (Lipinski definition) is 0. The monoisotopic (exact) mass is 297 g/mol. The molecule has 0 N–H and O–H groups in total. The van der Waals surface area contributed by atoms with E-state index in [0.29, 0.717) is 10.6 Å². The summed E-state index contributed by atoms with van der Waals surface area (Å²) >= 11 is 5.85. The van der Waals surface area contributed by atoms with Crippen LogP contribution in [0, 0.1) is 11.3 Å². The Morgan fingerprint density at radius 3 is 2.81 bits per heavy atom. The minimum Gasteiger partial charge on any atom is -0.458 e. The minimum atomic E-state index is -0.447. The van der Waals surface area contributed by atoms with E-state index in [0.717, 1.165) is 11.1 Å². The Hall–Kier alpha value is -2.57. The average molecular weight is 298 g/mol. The maximum Gasteiger partial charge on any atom is 0.331 e. The normalized spacial score (nSPS) is 10.3. The molecule has 0 heterocycles. The first-order valence-electron chi connectivity index (χ1n) is 6.27. The zero-order valence-corrected chi connectivity index (χ0v) is 11.9. The van der Waals surface area contributed by atoms with Gasteiger partial charge in [-0.25, -0.2) is 4.79 Å². The van der Waals surface area contributed by atoms with Crippen LogP contribution in [0.2, 0.25) is 5.02 Å². The first-order valence-corrected chi connectivity index (χ1v) is 6.64. The van der Waals surface area contributed by atoms with Gasteiger partial charge in [0.2, 0.25) is 0 Å². The summed E-state index contributed by atoms with van der Waals surface area (Å²) in [6.07, 6.45) is 2.99. The van der Waals surface area contributed by atoms with Crippen molar-refractivity contribution in [3.05, 3.63) is 76.3 Å². The van der Waals surface area contributed by atoms with Crippen LogP contribution in [0.25, 0.3) is 6.08 Å². The van der Waals surface area contributed by atoms with Gasteiger partial charge < -0.3 is 4.74 Å². The first kappa shape index (κ1) is 14.8. The maximum absolute atomic E-state index is 11.6. The molecule has 21 heavy (non-hydrogen) atoms. The average Bonchev–Trinajstić information content (AvgIpc) is 2.51. The summed E-state index contributed by atoms with van der Waals surface area (Å²) in [7, 11) is 0. The van der Waals surface area contributed by atoms with E-state index in [1.165, 1.54) is 6.08 Å². The predicted molar refractivity (Wildman–Crippen MR) is 81.4 cm³/mol. The van der Waals surface area contributed by atoms with Crippen LogP contribution < -0.4 is 0 Å². The van der Waals surface area contributed by atoms with E-state index in [4.69, 9.17) is 21.6 Å². The molecule has 0 saturated heterocycles. The van der Waals surface area contributed by atoms with E-state index >= 15 is 0 Å². The van der Waals surface area contributed by atoms with Gasteiger partial charge in [0, 0.05) is 11.1 Å². The standard InChI is InChI=1S/C17H12ClNO2/c18-16-6-2-3-13(10-16)7-8-17(20)21-12-15-5-1-4-14(9-15)11-19/h1-10H,12H2/b8-7+. The lowest BCUT2D eigenvalue weighted by Gasteiger charge is -2.02. The van der Waals surface area contributed by atoms with E-state index in [-0.39, 0.29) is 6.61 Å². The van der Waals surface area contributed by atoms with Crippen molar-refractivity contribution < 1.29 is 9.53 Å². The molecule has 104 valence electrons. The number of carbonyl (C=O) groups excluding carboxylic acids is 1. The van der Waals surface area contributed by atoms with Crippen molar-refractivity contribution in [2.24, 2.45) is 0 Å². The highest BCUT2D eigenvalue weighted by Gasteiger charge is 2.00. The molecule has 0 radical (unpaired) electrons. The summed E-state index contributed by atoms with van der Waals surface area (Å²) in [6.45, 7) is 0.133. The van der Waals surface area contributed by atoms with Crippen LogP contribution in [0.5, 0.6) is 0 Å². The van der Waals surface area contributed by atoms with Gasteiger partial charge in [-0.15, -0.1) is 0 Å². The van der Waals surface area contributed by atoms with Crippen molar-refractivity contribution in [1.82, 2.24) is 0 Å². The van der Waals surface area contributed by atoms with Gasteiger partial charge in [0.25, 0.3) is 0 Å². The Morgan fingerprint density at radius 2 is 2.05 bits per heavy atom. The van der Waals surface area contributed by atoms with Crippen LogP contribution in [-0.2, 0) is 16.1 Å². The van der Waals surface area contributed by atoms with Crippen LogP contribution in [0.15, 0.2) is 54.6 Å². The Morgan fingerprint density at radius 1 is 1.24 bits per heavy atom. The van der Waals surface area contributed by atoms with E-state index in [9.17, 15) is 4.79 Å². The first-order chi connectivity index (χ1) is 10.2. The Kier molecular flexibility index (Phi) is 5.14. The number of carbonyl (C=O) groups is 1. The van der Waals surface area contributed by atoms with E-state index < -0.39 is 5.97 Å². The van der Waals surface area contributed by atoms with Crippen molar-refractivity contribution in [3.8, 4) is 6.07 Å². The number of hydrogen-bond acceptors (Lipinski definition) is 3. The summed E-state index contributed by atoms with van der Waals surface area (Å²) in [4.78, 5) is 11.6. The highest BCUT2D eigenvalue weighted by Crippen LogP contribution is 2.12. The third-order valence-electron chi connectivity index (χ3n) is 2.70. The molecular weight excluding hydrogens is 286 g/mol. The molecule has 3 nitrogen and oxygen atoms in total. The minimum absolute atomic E-state index is 0.133. The van der Waals surface area contributed by atoms with E-state index in [2.05, 4.69) is 0 Å². The van der Waals surface area contributed by atoms with Crippen LogP contribution >= 0.6 is 11.6 Å². The van der Waals surface area contributed by atoms with Crippen molar-refractivity contribution in [2.75, 3.05) is 0 Å². The lowest BCUT2D eigenvalue weighted by atomic mass is 10.1. The fourth-order valence-electron chi connectivity index (χ4n) is 1.71. The van der Waals surface area contributed by atoms with Gasteiger partial charge in [-0.1, -0.05) is 35.9 Å². The quantitative estimate of drug-likeness (QED) is 0.634. The molecule has 2 aromatic carbocycles. The second-order valence-electron chi connectivity index (χ2n) is 4.31. The van der Waals surface area contributed by atoms with E-state index in [1.807, 2.05) is 12.1 Å². The van der Waals surface area contributed by atoms with Crippen LogP contribution in [-0.4, -0.2) is 5.97 Å². The molecule has 0 fully saturated rings. The number of nitriles is 1. The third kappa shape index (κ3) is 4.79. The van der Waals surface area contributed by atoms with Gasteiger partial charge in [-0.2, -0.15) is 5.26 Å². The summed E-state index contributed by atoms with van der Waals surface area (Å²) in [5.41, 5.74) is 2.14. The molecule has 0 aliphatic rings. The summed E-state index contributed by atoms with van der Waals surface area (Å²) in [6, 6.07) is 16.1. The number of benzene rings is 2. The molecule has 2 aromatic rings. The van der Waals surface area contributed by atoms with Gasteiger partial charge in [-0.3, -0.25) is 0 Å². The molecule has 0 bridgehead atoms. The van der Waals surface area contributed by atoms with Gasteiger partial charge in [0.1, 0.15) is 6.61 Å². The fourth-order valence-corrected chi connectivity index (χ4v) is 1.91.